The fourth-order valence-electron chi connectivity index (χ4n) is 2.26. The van der Waals surface area contributed by atoms with Crippen molar-refractivity contribution < 1.29 is 14.2 Å². The Morgan fingerprint density at radius 3 is 2.68 bits per heavy atom. The van der Waals surface area contributed by atoms with E-state index in [2.05, 4.69) is 15.7 Å². The second-order valence-corrected chi connectivity index (χ2v) is 7.46. The third kappa shape index (κ3) is 5.68. The predicted molar refractivity (Wildman–Crippen MR) is 86.1 cm³/mol. The van der Waals surface area contributed by atoms with Crippen LogP contribution in [0.3, 0.4) is 0 Å². The number of nitrogens with one attached hydrogen (secondary N) is 3. The Kier molecular flexibility index (Phi) is 8.03. The molecule has 0 bridgehead atoms. The fourth-order valence-corrected chi connectivity index (χ4v) is 3.67. The van der Waals surface area contributed by atoms with Gasteiger partial charge in [-0.25, -0.2) is 5.09 Å². The van der Waals surface area contributed by atoms with Crippen LogP contribution < -0.4 is 21.2 Å². The maximum Gasteiger partial charge on any atom is 0.305 e. The molecule has 0 aromatic heterocycles. The van der Waals surface area contributed by atoms with Gasteiger partial charge in [-0.05, 0) is 32.2 Å². The molecule has 8 nitrogen and oxygen atoms in total. The minimum atomic E-state index is -3.55. The summed E-state index contributed by atoms with van der Waals surface area (Å²) in [4.78, 5) is 23.9. The minimum absolute atomic E-state index is 0.162. The van der Waals surface area contributed by atoms with Crippen molar-refractivity contribution in [3.63, 3.8) is 0 Å². The SMILES string of the molecule is CCCNC(=O)CNP(N)(=O)N1CCC[C@H](NCCC)C1=O. The second-order valence-electron chi connectivity index (χ2n) is 5.42. The van der Waals surface area contributed by atoms with Gasteiger partial charge in [-0.3, -0.25) is 24.3 Å². The number of hydrogen-bond donors (Lipinski definition) is 4. The summed E-state index contributed by atoms with van der Waals surface area (Å²) in [6, 6.07) is -0.346. The number of piperidine rings is 1. The molecule has 1 saturated heterocycles. The number of hydrogen-bond acceptors (Lipinski definition) is 4. The van der Waals surface area contributed by atoms with Gasteiger partial charge >= 0.3 is 7.59 Å². The zero-order valence-corrected chi connectivity index (χ0v) is 14.3. The molecule has 0 spiro atoms. The quantitative estimate of drug-likeness (QED) is 0.447. The molecule has 1 unspecified atom stereocenters. The van der Waals surface area contributed by atoms with E-state index in [4.69, 9.17) is 5.50 Å². The molecule has 1 aliphatic rings. The van der Waals surface area contributed by atoms with Crippen LogP contribution in [0.2, 0.25) is 0 Å². The number of amides is 2. The number of carbonyl (C=O) groups is 2. The lowest BCUT2D eigenvalue weighted by molar-refractivity contribution is -0.131. The van der Waals surface area contributed by atoms with Crippen LogP contribution in [0.1, 0.15) is 39.5 Å². The molecule has 0 aliphatic carbocycles. The van der Waals surface area contributed by atoms with Crippen LogP contribution in [0.15, 0.2) is 0 Å². The standard InChI is InChI=1S/C13H28N5O3P/c1-3-7-15-11-6-5-9-18(13(11)20)22(14,21)17-10-12(19)16-8-4-2/h11,15H,3-10H2,1-2H3,(H,16,19)(H3,14,17,21)/t11-,22?/m0/s1. The van der Waals surface area contributed by atoms with Crippen LogP contribution in [-0.4, -0.2) is 48.7 Å². The highest BCUT2D eigenvalue weighted by Gasteiger charge is 2.37. The van der Waals surface area contributed by atoms with E-state index in [-0.39, 0.29) is 24.4 Å². The van der Waals surface area contributed by atoms with Gasteiger partial charge in [0.05, 0.1) is 12.6 Å². The summed E-state index contributed by atoms with van der Waals surface area (Å²) < 4.78 is 13.7. The lowest BCUT2D eigenvalue weighted by atomic mass is 10.1. The summed E-state index contributed by atoms with van der Waals surface area (Å²) in [6.07, 6.45) is 3.19. The van der Waals surface area contributed by atoms with Crippen molar-refractivity contribution in [2.75, 3.05) is 26.2 Å². The van der Waals surface area contributed by atoms with Gasteiger partial charge in [-0.2, -0.15) is 0 Å². The van der Waals surface area contributed by atoms with Gasteiger partial charge in [-0.1, -0.05) is 13.8 Å². The minimum Gasteiger partial charge on any atom is -0.355 e. The highest BCUT2D eigenvalue weighted by atomic mass is 31.2. The molecule has 0 saturated carbocycles. The topological polar surface area (TPSA) is 117 Å². The molecule has 0 aromatic rings. The molecule has 0 radical (unpaired) electrons. The van der Waals surface area contributed by atoms with E-state index < -0.39 is 7.59 Å². The van der Waals surface area contributed by atoms with E-state index in [0.717, 1.165) is 25.8 Å². The summed E-state index contributed by atoms with van der Waals surface area (Å²) in [5, 5.41) is 8.35. The highest BCUT2D eigenvalue weighted by Crippen LogP contribution is 2.39. The molecule has 22 heavy (non-hydrogen) atoms. The van der Waals surface area contributed by atoms with Crippen LogP contribution >= 0.6 is 7.59 Å². The monoisotopic (exact) mass is 333 g/mol. The first-order valence-electron chi connectivity index (χ1n) is 7.88. The van der Waals surface area contributed by atoms with Gasteiger partial charge in [0.15, 0.2) is 0 Å². The number of nitrogens with two attached hydrogens (primary N) is 1. The van der Waals surface area contributed by atoms with Gasteiger partial charge in [0.2, 0.25) is 11.8 Å². The van der Waals surface area contributed by atoms with E-state index in [1.54, 1.807) is 0 Å². The molecule has 0 aromatic carbocycles. The molecule has 1 fully saturated rings. The van der Waals surface area contributed by atoms with Crippen molar-refractivity contribution in [1.29, 1.82) is 0 Å². The van der Waals surface area contributed by atoms with Crippen molar-refractivity contribution in [3.8, 4) is 0 Å². The summed E-state index contributed by atoms with van der Waals surface area (Å²) in [5.74, 6) is -0.537. The third-order valence-corrected chi connectivity index (χ3v) is 5.18. The Bertz CT molecular complexity index is 432. The average molecular weight is 333 g/mol. The van der Waals surface area contributed by atoms with Crippen LogP contribution in [0, 0.1) is 0 Å². The highest BCUT2D eigenvalue weighted by molar-refractivity contribution is 7.57. The van der Waals surface area contributed by atoms with Crippen LogP contribution in [0.5, 0.6) is 0 Å². The summed E-state index contributed by atoms with van der Waals surface area (Å²) in [7, 11) is -3.55. The Labute approximate surface area is 132 Å². The van der Waals surface area contributed by atoms with E-state index in [9.17, 15) is 14.2 Å². The number of carbonyl (C=O) groups excluding carboxylic acids is 2. The second kappa shape index (κ2) is 9.25. The largest absolute Gasteiger partial charge is 0.355 e. The molecule has 5 N–H and O–H groups in total. The van der Waals surface area contributed by atoms with Crippen molar-refractivity contribution in [1.82, 2.24) is 20.4 Å². The van der Waals surface area contributed by atoms with Crippen molar-refractivity contribution >= 4 is 19.4 Å². The zero-order chi connectivity index (χ0) is 16.6. The normalized spacial score (nSPS) is 21.5. The number of nitrogens with zero attached hydrogens (tertiary/aromatic N) is 1. The van der Waals surface area contributed by atoms with Crippen LogP contribution in [-0.2, 0) is 14.2 Å². The maximum atomic E-state index is 12.5. The molecule has 1 rings (SSSR count). The van der Waals surface area contributed by atoms with E-state index in [0.29, 0.717) is 19.5 Å². The van der Waals surface area contributed by atoms with Gasteiger partial charge in [0.25, 0.3) is 0 Å². The first-order chi connectivity index (χ1) is 10.4. The van der Waals surface area contributed by atoms with Crippen molar-refractivity contribution in [2.45, 2.75) is 45.6 Å². The Balaban J connectivity index is 2.57. The number of rotatable bonds is 9. The fraction of sp³-hybridized carbons (Fsp3) is 0.846. The first-order valence-corrected chi connectivity index (χ1v) is 9.61. The maximum absolute atomic E-state index is 12.5. The Hall–Kier alpha value is -0.950. The van der Waals surface area contributed by atoms with Crippen LogP contribution in [0.4, 0.5) is 0 Å². The molecule has 1 heterocycles. The summed E-state index contributed by atoms with van der Waals surface area (Å²) >= 11 is 0. The first kappa shape index (κ1) is 19.1. The predicted octanol–water partition coefficient (Wildman–Crippen LogP) is 0.160. The van der Waals surface area contributed by atoms with E-state index in [1.807, 2.05) is 13.8 Å². The smallest absolute Gasteiger partial charge is 0.305 e. The molecular weight excluding hydrogens is 305 g/mol. The molecule has 2 amide bonds. The third-order valence-electron chi connectivity index (χ3n) is 3.45. The van der Waals surface area contributed by atoms with Gasteiger partial charge < -0.3 is 10.6 Å². The lowest BCUT2D eigenvalue weighted by Gasteiger charge is -2.36. The molecular formula is C13H28N5O3P. The Morgan fingerprint density at radius 2 is 2.05 bits per heavy atom. The van der Waals surface area contributed by atoms with E-state index >= 15 is 0 Å². The summed E-state index contributed by atoms with van der Waals surface area (Å²) in [6.45, 7) is 5.43. The van der Waals surface area contributed by atoms with Crippen molar-refractivity contribution in [2.24, 2.45) is 5.50 Å². The van der Waals surface area contributed by atoms with E-state index in [1.165, 1.54) is 4.67 Å². The zero-order valence-electron chi connectivity index (χ0n) is 13.4. The average Bonchev–Trinajstić information content (AvgIpc) is 2.49. The van der Waals surface area contributed by atoms with Gasteiger partial charge in [-0.15, -0.1) is 0 Å². The van der Waals surface area contributed by atoms with Gasteiger partial charge in [0.1, 0.15) is 0 Å². The lowest BCUT2D eigenvalue weighted by Crippen LogP contribution is -2.52. The Morgan fingerprint density at radius 1 is 1.36 bits per heavy atom. The molecule has 1 aliphatic heterocycles. The van der Waals surface area contributed by atoms with Crippen LogP contribution in [0.25, 0.3) is 0 Å². The molecule has 2 atom stereocenters. The van der Waals surface area contributed by atoms with Crippen molar-refractivity contribution in [3.05, 3.63) is 0 Å². The summed E-state index contributed by atoms with van der Waals surface area (Å²) in [5.41, 5.74) is 5.79. The molecule has 128 valence electrons. The molecule has 9 heteroatoms. The van der Waals surface area contributed by atoms with Gasteiger partial charge in [0, 0.05) is 13.1 Å².